The first kappa shape index (κ1) is 17.4. The van der Waals surface area contributed by atoms with Crippen molar-refractivity contribution < 1.29 is 9.90 Å². The fraction of sp³-hybridized carbons (Fsp3) is 0.316. The Bertz CT molecular complexity index is 1020. The highest BCUT2D eigenvalue weighted by Gasteiger charge is 2.34. The van der Waals surface area contributed by atoms with Gasteiger partial charge in [-0.25, -0.2) is 9.78 Å². The van der Waals surface area contributed by atoms with Gasteiger partial charge in [-0.2, -0.15) is 0 Å². The molecule has 130 valence electrons. The Kier molecular flexibility index (Phi) is 4.24. The maximum absolute atomic E-state index is 13.3. The molecule has 0 amide bonds. The molecule has 0 fully saturated rings. The number of rotatable bonds is 4. The van der Waals surface area contributed by atoms with Crippen molar-refractivity contribution in [2.24, 2.45) is 0 Å². The fourth-order valence-electron chi connectivity index (χ4n) is 3.07. The smallest absolute Gasteiger partial charge is 0.329 e. The van der Waals surface area contributed by atoms with Crippen LogP contribution in [0, 0.1) is 6.92 Å². The van der Waals surface area contributed by atoms with E-state index in [1.165, 1.54) is 29.8 Å². The summed E-state index contributed by atoms with van der Waals surface area (Å²) in [7, 11) is 0. The van der Waals surface area contributed by atoms with Gasteiger partial charge in [-0.05, 0) is 26.3 Å². The lowest BCUT2D eigenvalue weighted by atomic mass is 10.0. The maximum Gasteiger partial charge on any atom is 0.329 e. The van der Waals surface area contributed by atoms with Crippen LogP contribution >= 0.6 is 11.3 Å². The summed E-state index contributed by atoms with van der Waals surface area (Å²) in [6, 6.07) is 9.67. The summed E-state index contributed by atoms with van der Waals surface area (Å²) in [5, 5.41) is 10.1. The van der Waals surface area contributed by atoms with E-state index in [1.807, 2.05) is 44.2 Å². The molecule has 1 N–H and O–H groups in total. The molecule has 6 heteroatoms. The minimum atomic E-state index is -1.37. The summed E-state index contributed by atoms with van der Waals surface area (Å²) in [6.45, 7) is 6.91. The van der Waals surface area contributed by atoms with Crippen LogP contribution in [-0.4, -0.2) is 20.6 Å². The van der Waals surface area contributed by atoms with Crippen LogP contribution in [0.4, 0.5) is 0 Å². The Balaban J connectivity index is 2.46. The highest BCUT2D eigenvalue weighted by molar-refractivity contribution is 7.19. The van der Waals surface area contributed by atoms with Crippen molar-refractivity contribution in [3.05, 3.63) is 51.4 Å². The molecule has 5 nitrogen and oxygen atoms in total. The molecule has 3 aromatic rings. The number of thiophene rings is 1. The lowest BCUT2D eigenvalue weighted by Crippen LogP contribution is -2.44. The van der Waals surface area contributed by atoms with Crippen LogP contribution in [0.25, 0.3) is 21.3 Å². The number of aliphatic carboxylic acids is 1. The fourth-order valence-corrected chi connectivity index (χ4v) is 4.12. The second-order valence-electron chi connectivity index (χ2n) is 6.47. The number of aromatic nitrogens is 2. The summed E-state index contributed by atoms with van der Waals surface area (Å²) in [6.07, 6.45) is 0.486. The molecular weight excluding hydrogens is 336 g/mol. The van der Waals surface area contributed by atoms with Crippen molar-refractivity contribution in [3.63, 3.8) is 0 Å². The Morgan fingerprint density at radius 3 is 2.48 bits per heavy atom. The third-order valence-electron chi connectivity index (χ3n) is 4.43. The highest BCUT2D eigenvalue weighted by atomic mass is 32.1. The first-order chi connectivity index (χ1) is 11.8. The monoisotopic (exact) mass is 356 g/mol. The van der Waals surface area contributed by atoms with Gasteiger partial charge in [0.05, 0.1) is 5.39 Å². The molecule has 1 aromatic carbocycles. The number of carbonyl (C=O) groups is 1. The van der Waals surface area contributed by atoms with Gasteiger partial charge in [0.25, 0.3) is 5.56 Å². The van der Waals surface area contributed by atoms with Crippen LogP contribution in [0.15, 0.2) is 35.1 Å². The molecule has 2 heterocycles. The number of hydrogen-bond donors (Lipinski definition) is 1. The van der Waals surface area contributed by atoms with Crippen molar-refractivity contribution in [2.75, 3.05) is 0 Å². The van der Waals surface area contributed by atoms with E-state index in [1.54, 1.807) is 0 Å². The number of nitrogens with zero attached hydrogens (tertiary/aromatic N) is 2. The van der Waals surface area contributed by atoms with Crippen LogP contribution in [-0.2, 0) is 16.8 Å². The van der Waals surface area contributed by atoms with Crippen LogP contribution in [0.5, 0.6) is 0 Å². The number of fused-ring (bicyclic) bond motifs is 1. The zero-order valence-corrected chi connectivity index (χ0v) is 15.5. The normalized spacial score (nSPS) is 11.8. The van der Waals surface area contributed by atoms with E-state index < -0.39 is 11.5 Å². The molecular formula is C19H20N2O3S. The lowest BCUT2D eigenvalue weighted by molar-refractivity contribution is -0.146. The number of benzene rings is 1. The Morgan fingerprint density at radius 1 is 1.28 bits per heavy atom. The van der Waals surface area contributed by atoms with Gasteiger partial charge in [-0.15, -0.1) is 11.3 Å². The van der Waals surface area contributed by atoms with Crippen molar-refractivity contribution in [3.8, 4) is 11.1 Å². The first-order valence-corrected chi connectivity index (χ1v) is 8.95. The van der Waals surface area contributed by atoms with Crippen molar-refractivity contribution in [1.82, 2.24) is 9.55 Å². The van der Waals surface area contributed by atoms with Gasteiger partial charge in [-0.1, -0.05) is 37.3 Å². The number of carboxylic acid groups (broad SMARTS) is 1. The first-order valence-electron chi connectivity index (χ1n) is 8.13. The number of aryl methyl sites for hydroxylation is 2. The van der Waals surface area contributed by atoms with E-state index in [4.69, 9.17) is 0 Å². The van der Waals surface area contributed by atoms with Crippen LogP contribution in [0.3, 0.4) is 0 Å². The molecule has 0 aliphatic rings. The summed E-state index contributed by atoms with van der Waals surface area (Å²) < 4.78 is 1.33. The Hall–Kier alpha value is -2.47. The van der Waals surface area contributed by atoms with Gasteiger partial charge in [0.15, 0.2) is 0 Å². The van der Waals surface area contributed by atoms with Crippen molar-refractivity contribution in [2.45, 2.75) is 39.7 Å². The highest BCUT2D eigenvalue weighted by Crippen LogP contribution is 2.36. The summed E-state index contributed by atoms with van der Waals surface area (Å²) >= 11 is 1.47. The molecule has 0 aliphatic heterocycles. The third kappa shape index (κ3) is 2.66. The van der Waals surface area contributed by atoms with Crippen molar-refractivity contribution in [1.29, 1.82) is 0 Å². The van der Waals surface area contributed by atoms with Crippen LogP contribution < -0.4 is 5.56 Å². The predicted molar refractivity (Wildman–Crippen MR) is 100 cm³/mol. The van der Waals surface area contributed by atoms with Gasteiger partial charge < -0.3 is 5.11 Å². The van der Waals surface area contributed by atoms with E-state index in [0.717, 1.165) is 16.0 Å². The lowest BCUT2D eigenvalue weighted by Gasteiger charge is -2.25. The molecule has 2 aromatic heterocycles. The van der Waals surface area contributed by atoms with Crippen molar-refractivity contribution >= 4 is 27.5 Å². The third-order valence-corrected chi connectivity index (χ3v) is 5.43. The molecule has 0 saturated heterocycles. The topological polar surface area (TPSA) is 72.2 Å². The minimum absolute atomic E-state index is 0.294. The second-order valence-corrected chi connectivity index (χ2v) is 7.67. The number of carboxylic acids is 1. The van der Waals surface area contributed by atoms with Crippen LogP contribution in [0.2, 0.25) is 0 Å². The zero-order chi connectivity index (χ0) is 18.4. The maximum atomic E-state index is 13.3. The van der Waals surface area contributed by atoms with E-state index in [9.17, 15) is 14.7 Å². The van der Waals surface area contributed by atoms with Gasteiger partial charge in [0, 0.05) is 16.9 Å². The predicted octanol–water partition coefficient (Wildman–Crippen LogP) is 3.82. The minimum Gasteiger partial charge on any atom is -0.480 e. The van der Waals surface area contributed by atoms with Gasteiger partial charge in [-0.3, -0.25) is 9.36 Å². The molecule has 0 atom stereocenters. The van der Waals surface area contributed by atoms with Gasteiger partial charge in [0.2, 0.25) is 0 Å². The molecule has 0 spiro atoms. The summed E-state index contributed by atoms with van der Waals surface area (Å²) in [4.78, 5) is 31.4. The Morgan fingerprint density at radius 2 is 1.92 bits per heavy atom. The largest absolute Gasteiger partial charge is 0.480 e. The van der Waals surface area contributed by atoms with E-state index in [-0.39, 0.29) is 5.56 Å². The SMILES string of the molecule is CCc1nc2sc(C)c(-c3ccccc3)c2c(=O)n1C(C)(C)C(=O)O. The van der Waals surface area contributed by atoms with E-state index >= 15 is 0 Å². The van der Waals surface area contributed by atoms with Gasteiger partial charge in [0.1, 0.15) is 16.2 Å². The van der Waals surface area contributed by atoms with E-state index in [2.05, 4.69) is 4.98 Å². The second kappa shape index (κ2) is 6.11. The molecule has 0 radical (unpaired) electrons. The average Bonchev–Trinajstić information content (AvgIpc) is 2.91. The molecule has 0 saturated carbocycles. The van der Waals surface area contributed by atoms with Crippen LogP contribution in [0.1, 0.15) is 31.5 Å². The quantitative estimate of drug-likeness (QED) is 0.771. The molecule has 25 heavy (non-hydrogen) atoms. The number of hydrogen-bond acceptors (Lipinski definition) is 4. The van der Waals surface area contributed by atoms with Gasteiger partial charge >= 0.3 is 5.97 Å². The molecule has 0 bridgehead atoms. The van der Waals surface area contributed by atoms with E-state index in [0.29, 0.717) is 22.5 Å². The standard InChI is InChI=1S/C19H20N2O3S/c1-5-13-20-16-15(17(22)21(13)19(3,4)18(23)24)14(11(2)25-16)12-9-7-6-8-10-12/h6-10H,5H2,1-4H3,(H,23,24). The molecule has 0 unspecified atom stereocenters. The Labute approximate surface area is 149 Å². The summed E-state index contributed by atoms with van der Waals surface area (Å²) in [5.41, 5.74) is 0.121. The zero-order valence-electron chi connectivity index (χ0n) is 14.7. The summed E-state index contributed by atoms with van der Waals surface area (Å²) in [5.74, 6) is -0.565. The average molecular weight is 356 g/mol. The molecule has 3 rings (SSSR count). The molecule has 0 aliphatic carbocycles.